The molecule has 1 amide bonds. The summed E-state index contributed by atoms with van der Waals surface area (Å²) in [5.41, 5.74) is 6.16. The number of hydrogen-bond acceptors (Lipinski definition) is 4. The van der Waals surface area contributed by atoms with Gasteiger partial charge in [-0.15, -0.1) is 0 Å². The Labute approximate surface area is 129 Å². The van der Waals surface area contributed by atoms with E-state index in [4.69, 9.17) is 5.73 Å². The van der Waals surface area contributed by atoms with Crippen molar-refractivity contribution in [1.82, 2.24) is 14.7 Å². The third-order valence-electron chi connectivity index (χ3n) is 4.99. The van der Waals surface area contributed by atoms with Gasteiger partial charge in [0.2, 0.25) is 5.91 Å². The van der Waals surface area contributed by atoms with E-state index in [1.807, 2.05) is 4.90 Å². The minimum Gasteiger partial charge on any atom is -0.340 e. The van der Waals surface area contributed by atoms with Gasteiger partial charge >= 0.3 is 0 Å². The molecule has 1 aliphatic heterocycles. The molecule has 21 heavy (non-hydrogen) atoms. The molecule has 2 unspecified atom stereocenters. The predicted octanol–water partition coefficient (Wildman–Crippen LogP) is 0.600. The molecule has 1 saturated carbocycles. The zero-order valence-corrected chi connectivity index (χ0v) is 13.8. The smallest absolute Gasteiger partial charge is 0.222 e. The fourth-order valence-electron chi connectivity index (χ4n) is 3.41. The van der Waals surface area contributed by atoms with Gasteiger partial charge in [0.25, 0.3) is 0 Å². The highest BCUT2D eigenvalue weighted by Gasteiger charge is 2.27. The molecular weight excluding hydrogens is 264 g/mol. The molecule has 0 spiro atoms. The number of nitrogens with two attached hydrogens (primary N) is 1. The Morgan fingerprint density at radius 2 is 1.81 bits per heavy atom. The van der Waals surface area contributed by atoms with E-state index in [0.717, 1.165) is 52.1 Å². The number of amides is 1. The van der Waals surface area contributed by atoms with Crippen LogP contribution in [0.1, 0.15) is 32.1 Å². The van der Waals surface area contributed by atoms with Crippen molar-refractivity contribution in [3.05, 3.63) is 0 Å². The summed E-state index contributed by atoms with van der Waals surface area (Å²) in [6.07, 6.45) is 5.37. The summed E-state index contributed by atoms with van der Waals surface area (Å²) in [5.74, 6) is 0.739. The second kappa shape index (κ2) is 8.11. The van der Waals surface area contributed by atoms with Crippen LogP contribution in [-0.2, 0) is 4.79 Å². The molecule has 5 heteroatoms. The zero-order valence-electron chi connectivity index (χ0n) is 13.8. The monoisotopic (exact) mass is 296 g/mol. The average molecular weight is 296 g/mol. The number of nitrogens with zero attached hydrogens (tertiary/aromatic N) is 3. The SMILES string of the molecule is CN(C)CCN1CCN(C(=O)CC2CCCCC2N)CC1. The number of likely N-dealkylation sites (N-methyl/N-ethyl adjacent to an activating group) is 1. The molecule has 2 rings (SSSR count). The van der Waals surface area contributed by atoms with Gasteiger partial charge in [0, 0.05) is 51.7 Å². The number of carbonyl (C=O) groups is 1. The Morgan fingerprint density at radius 3 is 2.43 bits per heavy atom. The summed E-state index contributed by atoms with van der Waals surface area (Å²) >= 11 is 0. The van der Waals surface area contributed by atoms with Crippen LogP contribution in [-0.4, -0.2) is 80.0 Å². The summed E-state index contributed by atoms with van der Waals surface area (Å²) in [6, 6.07) is 0.240. The maximum Gasteiger partial charge on any atom is 0.222 e. The van der Waals surface area contributed by atoms with Gasteiger partial charge < -0.3 is 15.5 Å². The Kier molecular flexibility index (Phi) is 6.45. The number of carbonyl (C=O) groups excluding carboxylic acids is 1. The summed E-state index contributed by atoms with van der Waals surface area (Å²) in [4.78, 5) is 19.1. The Hall–Kier alpha value is -0.650. The van der Waals surface area contributed by atoms with Crippen LogP contribution in [0.15, 0.2) is 0 Å². The molecule has 0 aromatic carbocycles. The van der Waals surface area contributed by atoms with Crippen molar-refractivity contribution >= 4 is 5.91 Å². The Bertz CT molecular complexity index is 326. The first kappa shape index (κ1) is 16.7. The quantitative estimate of drug-likeness (QED) is 0.807. The molecule has 0 aromatic rings. The van der Waals surface area contributed by atoms with Crippen LogP contribution in [0.5, 0.6) is 0 Å². The lowest BCUT2D eigenvalue weighted by Gasteiger charge is -2.36. The minimum absolute atomic E-state index is 0.240. The molecule has 122 valence electrons. The van der Waals surface area contributed by atoms with Gasteiger partial charge in [0.05, 0.1) is 0 Å². The fourth-order valence-corrected chi connectivity index (χ4v) is 3.41. The van der Waals surface area contributed by atoms with Crippen molar-refractivity contribution in [1.29, 1.82) is 0 Å². The molecule has 1 aliphatic carbocycles. The largest absolute Gasteiger partial charge is 0.340 e. The first-order chi connectivity index (χ1) is 10.1. The van der Waals surface area contributed by atoms with Crippen LogP contribution in [0.4, 0.5) is 0 Å². The highest BCUT2D eigenvalue weighted by molar-refractivity contribution is 5.76. The Balaban J connectivity index is 1.70. The van der Waals surface area contributed by atoms with Crippen LogP contribution >= 0.6 is 0 Å². The van der Waals surface area contributed by atoms with Crippen LogP contribution in [0.2, 0.25) is 0 Å². The summed E-state index contributed by atoms with van der Waals surface area (Å²) in [5, 5.41) is 0. The molecule has 1 heterocycles. The van der Waals surface area contributed by atoms with Crippen molar-refractivity contribution in [3.63, 3.8) is 0 Å². The lowest BCUT2D eigenvalue weighted by atomic mass is 9.82. The van der Waals surface area contributed by atoms with Gasteiger partial charge in [-0.1, -0.05) is 12.8 Å². The van der Waals surface area contributed by atoms with Gasteiger partial charge in [0.15, 0.2) is 0 Å². The maximum absolute atomic E-state index is 12.4. The van der Waals surface area contributed by atoms with E-state index in [9.17, 15) is 4.79 Å². The van der Waals surface area contributed by atoms with Gasteiger partial charge in [-0.3, -0.25) is 9.69 Å². The van der Waals surface area contributed by atoms with E-state index in [1.165, 1.54) is 12.8 Å². The topological polar surface area (TPSA) is 52.8 Å². The molecule has 0 bridgehead atoms. The van der Waals surface area contributed by atoms with Crippen molar-refractivity contribution in [2.45, 2.75) is 38.1 Å². The van der Waals surface area contributed by atoms with Crippen molar-refractivity contribution in [2.24, 2.45) is 11.7 Å². The highest BCUT2D eigenvalue weighted by atomic mass is 16.2. The number of piperazine rings is 1. The first-order valence-electron chi connectivity index (χ1n) is 8.46. The van der Waals surface area contributed by atoms with E-state index in [-0.39, 0.29) is 6.04 Å². The van der Waals surface area contributed by atoms with E-state index >= 15 is 0 Å². The molecular formula is C16H32N4O. The zero-order chi connectivity index (χ0) is 15.2. The Morgan fingerprint density at radius 1 is 1.14 bits per heavy atom. The first-order valence-corrected chi connectivity index (χ1v) is 8.46. The van der Waals surface area contributed by atoms with Gasteiger partial charge in [-0.25, -0.2) is 0 Å². The molecule has 1 saturated heterocycles. The highest BCUT2D eigenvalue weighted by Crippen LogP contribution is 2.26. The van der Waals surface area contributed by atoms with Gasteiger partial charge in [-0.2, -0.15) is 0 Å². The van der Waals surface area contributed by atoms with Crippen molar-refractivity contribution in [3.8, 4) is 0 Å². The molecule has 2 fully saturated rings. The summed E-state index contributed by atoms with van der Waals surface area (Å²) in [7, 11) is 4.21. The van der Waals surface area contributed by atoms with Crippen LogP contribution in [0.3, 0.4) is 0 Å². The molecule has 2 N–H and O–H groups in total. The van der Waals surface area contributed by atoms with E-state index < -0.39 is 0 Å². The third-order valence-corrected chi connectivity index (χ3v) is 4.99. The fraction of sp³-hybridized carbons (Fsp3) is 0.938. The van der Waals surface area contributed by atoms with E-state index in [0.29, 0.717) is 18.2 Å². The number of rotatable bonds is 5. The van der Waals surface area contributed by atoms with Gasteiger partial charge in [-0.05, 0) is 32.9 Å². The number of hydrogen-bond donors (Lipinski definition) is 1. The van der Waals surface area contributed by atoms with E-state index in [1.54, 1.807) is 0 Å². The minimum atomic E-state index is 0.240. The summed E-state index contributed by atoms with van der Waals surface area (Å²) in [6.45, 7) is 5.97. The van der Waals surface area contributed by atoms with Crippen LogP contribution < -0.4 is 5.73 Å². The van der Waals surface area contributed by atoms with Crippen molar-refractivity contribution in [2.75, 3.05) is 53.4 Å². The van der Waals surface area contributed by atoms with Crippen LogP contribution in [0.25, 0.3) is 0 Å². The molecule has 2 atom stereocenters. The van der Waals surface area contributed by atoms with Crippen molar-refractivity contribution < 1.29 is 4.79 Å². The third kappa shape index (κ3) is 5.24. The second-order valence-corrected chi connectivity index (χ2v) is 6.94. The van der Waals surface area contributed by atoms with Gasteiger partial charge in [0.1, 0.15) is 0 Å². The average Bonchev–Trinajstić information content (AvgIpc) is 2.48. The second-order valence-electron chi connectivity index (χ2n) is 6.94. The molecule has 0 aromatic heterocycles. The lowest BCUT2D eigenvalue weighted by molar-refractivity contribution is -0.134. The lowest BCUT2D eigenvalue weighted by Crippen LogP contribution is -2.50. The molecule has 2 aliphatic rings. The molecule has 0 radical (unpaired) electrons. The standard InChI is InChI=1S/C16H32N4O/c1-18(2)7-8-19-9-11-20(12-10-19)16(21)13-14-5-3-4-6-15(14)17/h14-15H,3-13,17H2,1-2H3. The summed E-state index contributed by atoms with van der Waals surface area (Å²) < 4.78 is 0. The molecule has 5 nitrogen and oxygen atoms in total. The predicted molar refractivity (Wildman–Crippen MR) is 86.1 cm³/mol. The van der Waals surface area contributed by atoms with E-state index in [2.05, 4.69) is 23.9 Å². The normalized spacial score (nSPS) is 28.1. The maximum atomic E-state index is 12.4. The van der Waals surface area contributed by atoms with Crippen LogP contribution in [0, 0.1) is 5.92 Å².